The Labute approximate surface area is 121 Å². The fraction of sp³-hybridized carbons (Fsp3) is 0.647. The summed E-state index contributed by atoms with van der Waals surface area (Å²) in [5, 5.41) is 9.93. The van der Waals surface area contributed by atoms with E-state index in [1.54, 1.807) is 7.11 Å². The maximum Gasteiger partial charge on any atom is 0.157 e. The first-order valence-corrected chi connectivity index (χ1v) is 7.60. The molecule has 112 valence electrons. The fourth-order valence-electron chi connectivity index (χ4n) is 3.20. The zero-order valence-corrected chi connectivity index (χ0v) is 12.8. The number of benzene rings is 1. The summed E-state index contributed by atoms with van der Waals surface area (Å²) in [6.07, 6.45) is 3.62. The summed E-state index contributed by atoms with van der Waals surface area (Å²) in [5.41, 5.74) is 2.59. The molecule has 1 fully saturated rings. The van der Waals surface area contributed by atoms with E-state index in [0.29, 0.717) is 12.5 Å². The molecule has 1 aromatic rings. The number of aryl methyl sites for hydroxylation is 1. The number of aliphatic hydroxyl groups excluding tert-OH is 1. The summed E-state index contributed by atoms with van der Waals surface area (Å²) in [7, 11) is 1.73. The van der Waals surface area contributed by atoms with Crippen LogP contribution in [0.4, 0.5) is 0 Å². The maximum absolute atomic E-state index is 9.93. The molecule has 1 aliphatic carbocycles. The molecule has 3 nitrogen and oxygen atoms in total. The summed E-state index contributed by atoms with van der Waals surface area (Å²) < 4.78 is 10.8. The summed E-state index contributed by atoms with van der Waals surface area (Å²) in [4.78, 5) is 0. The average Bonchev–Trinajstić information content (AvgIpc) is 2.47. The van der Waals surface area contributed by atoms with Crippen molar-refractivity contribution in [3.05, 3.63) is 29.3 Å². The molecule has 0 aliphatic heterocycles. The van der Waals surface area contributed by atoms with Gasteiger partial charge in [-0.3, -0.25) is 0 Å². The minimum absolute atomic E-state index is 0.280. The van der Waals surface area contributed by atoms with Gasteiger partial charge in [-0.05, 0) is 57.1 Å². The van der Waals surface area contributed by atoms with Crippen molar-refractivity contribution in [3.8, 4) is 5.75 Å². The van der Waals surface area contributed by atoms with Gasteiger partial charge in [-0.25, -0.2) is 0 Å². The molecule has 2 rings (SSSR count). The van der Waals surface area contributed by atoms with Crippen LogP contribution in [0, 0.1) is 12.8 Å². The van der Waals surface area contributed by atoms with Crippen LogP contribution in [-0.4, -0.2) is 25.1 Å². The number of hydrogen-bond acceptors (Lipinski definition) is 3. The van der Waals surface area contributed by atoms with Crippen LogP contribution in [0.15, 0.2) is 18.2 Å². The van der Waals surface area contributed by atoms with Crippen LogP contribution in [-0.2, 0) is 4.74 Å². The third-order valence-corrected chi connectivity index (χ3v) is 4.34. The van der Waals surface area contributed by atoms with E-state index in [1.807, 2.05) is 6.92 Å². The van der Waals surface area contributed by atoms with Gasteiger partial charge in [0, 0.05) is 12.5 Å². The minimum Gasteiger partial charge on any atom is -0.496 e. The number of methoxy groups -OCH3 is 1. The van der Waals surface area contributed by atoms with E-state index in [0.717, 1.165) is 31.4 Å². The molecule has 1 saturated carbocycles. The molecule has 0 spiro atoms. The molecule has 20 heavy (non-hydrogen) atoms. The van der Waals surface area contributed by atoms with Gasteiger partial charge in [0.1, 0.15) is 5.75 Å². The Balaban J connectivity index is 2.02. The van der Waals surface area contributed by atoms with Crippen LogP contribution in [0.2, 0.25) is 0 Å². The van der Waals surface area contributed by atoms with Crippen molar-refractivity contribution >= 4 is 0 Å². The van der Waals surface area contributed by atoms with Gasteiger partial charge in [-0.1, -0.05) is 17.7 Å². The lowest BCUT2D eigenvalue weighted by molar-refractivity contribution is -0.137. The van der Waals surface area contributed by atoms with Gasteiger partial charge in [0.2, 0.25) is 0 Å². The topological polar surface area (TPSA) is 38.7 Å². The van der Waals surface area contributed by atoms with Crippen molar-refractivity contribution in [2.45, 2.75) is 51.7 Å². The standard InChI is InChI=1S/C17H26O3/c1-4-20-17(18)14-8-6-13(7-9-14)15-11-12(2)5-10-16(15)19-3/h5,10-11,13-14,17-18H,4,6-9H2,1-3H3. The Hall–Kier alpha value is -1.06. The summed E-state index contributed by atoms with van der Waals surface area (Å²) >= 11 is 0. The lowest BCUT2D eigenvalue weighted by Gasteiger charge is -2.32. The predicted octanol–water partition coefficient (Wildman–Crippen LogP) is 3.63. The van der Waals surface area contributed by atoms with Gasteiger partial charge in [-0.15, -0.1) is 0 Å². The molecule has 0 amide bonds. The molecule has 3 heteroatoms. The molecule has 0 bridgehead atoms. The zero-order valence-electron chi connectivity index (χ0n) is 12.8. The lowest BCUT2D eigenvalue weighted by Crippen LogP contribution is -2.27. The van der Waals surface area contributed by atoms with Crippen LogP contribution in [0.3, 0.4) is 0 Å². The fourth-order valence-corrected chi connectivity index (χ4v) is 3.20. The SMILES string of the molecule is CCOC(O)C1CCC(c2cc(C)ccc2OC)CC1. The first-order valence-electron chi connectivity index (χ1n) is 7.60. The Morgan fingerprint density at radius 2 is 1.95 bits per heavy atom. The molecule has 1 aromatic carbocycles. The number of rotatable bonds is 5. The first-order chi connectivity index (χ1) is 9.65. The Bertz CT molecular complexity index is 422. The molecule has 0 aromatic heterocycles. The minimum atomic E-state index is -0.597. The lowest BCUT2D eigenvalue weighted by atomic mass is 9.78. The van der Waals surface area contributed by atoms with Crippen molar-refractivity contribution in [2.75, 3.05) is 13.7 Å². The molecule has 1 atom stereocenters. The molecule has 1 N–H and O–H groups in total. The van der Waals surface area contributed by atoms with E-state index < -0.39 is 6.29 Å². The highest BCUT2D eigenvalue weighted by Crippen LogP contribution is 2.40. The van der Waals surface area contributed by atoms with Crippen LogP contribution < -0.4 is 4.74 Å². The van der Waals surface area contributed by atoms with E-state index >= 15 is 0 Å². The van der Waals surface area contributed by atoms with Crippen LogP contribution in [0.5, 0.6) is 5.75 Å². The zero-order chi connectivity index (χ0) is 14.5. The number of hydrogen-bond donors (Lipinski definition) is 1. The van der Waals surface area contributed by atoms with Crippen LogP contribution >= 0.6 is 0 Å². The highest BCUT2D eigenvalue weighted by Gasteiger charge is 2.28. The van der Waals surface area contributed by atoms with Gasteiger partial charge in [0.05, 0.1) is 7.11 Å². The molecule has 0 radical (unpaired) electrons. The van der Waals surface area contributed by atoms with Gasteiger partial charge >= 0.3 is 0 Å². The third-order valence-electron chi connectivity index (χ3n) is 4.34. The predicted molar refractivity (Wildman–Crippen MR) is 80.1 cm³/mol. The Morgan fingerprint density at radius 3 is 2.55 bits per heavy atom. The summed E-state index contributed by atoms with van der Waals surface area (Å²) in [6, 6.07) is 6.39. The molecule has 1 unspecified atom stereocenters. The summed E-state index contributed by atoms with van der Waals surface area (Å²) in [6.45, 7) is 4.62. The molecule has 0 heterocycles. The second-order valence-electron chi connectivity index (χ2n) is 5.70. The van der Waals surface area contributed by atoms with Crippen molar-refractivity contribution < 1.29 is 14.6 Å². The van der Waals surface area contributed by atoms with Gasteiger partial charge < -0.3 is 14.6 Å². The highest BCUT2D eigenvalue weighted by molar-refractivity contribution is 5.39. The average molecular weight is 278 g/mol. The normalized spacial score (nSPS) is 24.4. The van der Waals surface area contributed by atoms with Gasteiger partial charge in [-0.2, -0.15) is 0 Å². The van der Waals surface area contributed by atoms with Gasteiger partial charge in [0.25, 0.3) is 0 Å². The summed E-state index contributed by atoms with van der Waals surface area (Å²) in [5.74, 6) is 1.81. The van der Waals surface area contributed by atoms with E-state index in [9.17, 15) is 5.11 Å². The molecule has 0 saturated heterocycles. The molecule has 1 aliphatic rings. The van der Waals surface area contributed by atoms with Crippen LogP contribution in [0.1, 0.15) is 49.7 Å². The van der Waals surface area contributed by atoms with Crippen molar-refractivity contribution in [1.29, 1.82) is 0 Å². The number of ether oxygens (including phenoxy) is 2. The van der Waals surface area contributed by atoms with E-state index in [4.69, 9.17) is 9.47 Å². The van der Waals surface area contributed by atoms with Crippen molar-refractivity contribution in [2.24, 2.45) is 5.92 Å². The van der Waals surface area contributed by atoms with Gasteiger partial charge in [0.15, 0.2) is 6.29 Å². The van der Waals surface area contributed by atoms with E-state index in [1.165, 1.54) is 11.1 Å². The monoisotopic (exact) mass is 278 g/mol. The second kappa shape index (κ2) is 7.09. The highest BCUT2D eigenvalue weighted by atomic mass is 16.6. The smallest absolute Gasteiger partial charge is 0.157 e. The first kappa shape index (κ1) is 15.3. The Kier molecular flexibility index (Phi) is 5.44. The molecular weight excluding hydrogens is 252 g/mol. The largest absolute Gasteiger partial charge is 0.496 e. The quantitative estimate of drug-likeness (QED) is 0.836. The second-order valence-corrected chi connectivity index (χ2v) is 5.70. The maximum atomic E-state index is 9.93. The third kappa shape index (κ3) is 3.53. The Morgan fingerprint density at radius 1 is 1.25 bits per heavy atom. The van der Waals surface area contributed by atoms with E-state index in [-0.39, 0.29) is 5.92 Å². The number of aliphatic hydroxyl groups is 1. The van der Waals surface area contributed by atoms with Crippen molar-refractivity contribution in [1.82, 2.24) is 0 Å². The van der Waals surface area contributed by atoms with Crippen LogP contribution in [0.25, 0.3) is 0 Å². The van der Waals surface area contributed by atoms with E-state index in [2.05, 4.69) is 25.1 Å². The van der Waals surface area contributed by atoms with Crippen molar-refractivity contribution in [3.63, 3.8) is 0 Å². The molecular formula is C17H26O3.